The highest BCUT2D eigenvalue weighted by molar-refractivity contribution is 5.99. The van der Waals surface area contributed by atoms with Crippen LogP contribution in [0.15, 0.2) is 54.6 Å². The van der Waals surface area contributed by atoms with Gasteiger partial charge in [-0.1, -0.05) is 42.5 Å². The zero-order chi connectivity index (χ0) is 22.0. The third kappa shape index (κ3) is 4.98. The molecule has 1 aliphatic rings. The summed E-state index contributed by atoms with van der Waals surface area (Å²) >= 11 is 0. The Morgan fingerprint density at radius 1 is 1.16 bits per heavy atom. The normalized spacial score (nSPS) is 16.0. The highest BCUT2D eigenvalue weighted by Gasteiger charge is 2.29. The summed E-state index contributed by atoms with van der Waals surface area (Å²) in [7, 11) is 0. The van der Waals surface area contributed by atoms with Crippen molar-refractivity contribution in [1.82, 2.24) is 4.98 Å². The molecule has 1 aromatic heterocycles. The van der Waals surface area contributed by atoms with Crippen LogP contribution in [0.4, 0.5) is 4.39 Å². The Balaban J connectivity index is 1.79. The van der Waals surface area contributed by atoms with Crippen LogP contribution in [-0.2, 0) is 4.79 Å². The molecule has 0 bridgehead atoms. The fourth-order valence-electron chi connectivity index (χ4n) is 3.85. The second-order valence-corrected chi connectivity index (χ2v) is 7.98. The van der Waals surface area contributed by atoms with Gasteiger partial charge >= 0.3 is 0 Å². The number of rotatable bonds is 8. The topological polar surface area (TPSA) is 93.5 Å². The Hall–Kier alpha value is -3.09. The van der Waals surface area contributed by atoms with E-state index < -0.39 is 24.6 Å². The number of carboxylic acid groups (broad SMARTS) is 1. The van der Waals surface area contributed by atoms with Gasteiger partial charge in [0.25, 0.3) is 0 Å². The number of aromatic nitrogens is 1. The van der Waals surface area contributed by atoms with Crippen LogP contribution in [0.3, 0.4) is 0 Å². The lowest BCUT2D eigenvalue weighted by molar-refractivity contribution is -0.307. The van der Waals surface area contributed by atoms with E-state index in [1.165, 1.54) is 12.1 Å². The zero-order valence-electron chi connectivity index (χ0n) is 16.9. The lowest BCUT2D eigenvalue weighted by Crippen LogP contribution is -2.29. The molecule has 0 unspecified atom stereocenters. The third-order valence-corrected chi connectivity index (χ3v) is 5.46. The van der Waals surface area contributed by atoms with Crippen LogP contribution in [0.1, 0.15) is 42.9 Å². The van der Waals surface area contributed by atoms with Crippen molar-refractivity contribution in [2.24, 2.45) is 0 Å². The third-order valence-electron chi connectivity index (χ3n) is 5.46. The predicted molar refractivity (Wildman–Crippen MR) is 114 cm³/mol. The first-order chi connectivity index (χ1) is 14.9. The summed E-state index contributed by atoms with van der Waals surface area (Å²) in [6.45, 7) is 0. The Labute approximate surface area is 179 Å². The van der Waals surface area contributed by atoms with Gasteiger partial charge in [-0.05, 0) is 36.6 Å². The second kappa shape index (κ2) is 8.96. The van der Waals surface area contributed by atoms with Crippen LogP contribution >= 0.6 is 0 Å². The number of carboxylic acids is 1. The van der Waals surface area contributed by atoms with Gasteiger partial charge in [-0.2, -0.15) is 0 Å². The average Bonchev–Trinajstić information content (AvgIpc) is 3.56. The highest BCUT2D eigenvalue weighted by atomic mass is 19.1. The van der Waals surface area contributed by atoms with Crippen molar-refractivity contribution >= 4 is 22.9 Å². The molecule has 4 rings (SSSR count). The van der Waals surface area contributed by atoms with E-state index in [1.807, 2.05) is 24.3 Å². The maximum absolute atomic E-state index is 13.6. The monoisotopic (exact) mass is 420 g/mol. The van der Waals surface area contributed by atoms with Crippen LogP contribution in [0, 0.1) is 5.82 Å². The number of para-hydroxylation sites is 1. The highest BCUT2D eigenvalue weighted by Crippen LogP contribution is 2.45. The Kier molecular flexibility index (Phi) is 6.11. The van der Waals surface area contributed by atoms with Gasteiger partial charge in [0, 0.05) is 41.2 Å². The number of pyridine rings is 1. The molecule has 2 atom stereocenters. The second-order valence-electron chi connectivity index (χ2n) is 7.98. The summed E-state index contributed by atoms with van der Waals surface area (Å²) in [5.74, 6) is -1.36. The zero-order valence-corrected chi connectivity index (χ0v) is 16.9. The number of nitrogens with zero attached hydrogens (tertiary/aromatic N) is 1. The molecule has 160 valence electrons. The van der Waals surface area contributed by atoms with E-state index >= 15 is 0 Å². The quantitative estimate of drug-likeness (QED) is 0.584. The Morgan fingerprint density at radius 2 is 1.87 bits per heavy atom. The van der Waals surface area contributed by atoms with E-state index in [0.717, 1.165) is 46.1 Å². The predicted octanol–water partition coefficient (Wildman–Crippen LogP) is 3.18. The van der Waals surface area contributed by atoms with Gasteiger partial charge < -0.3 is 20.1 Å². The van der Waals surface area contributed by atoms with E-state index in [4.69, 9.17) is 4.98 Å². The van der Waals surface area contributed by atoms with Gasteiger partial charge in [0.05, 0.1) is 23.4 Å². The first-order valence-corrected chi connectivity index (χ1v) is 10.3. The van der Waals surface area contributed by atoms with Crippen molar-refractivity contribution in [3.05, 3.63) is 71.7 Å². The molecule has 0 spiro atoms. The summed E-state index contributed by atoms with van der Waals surface area (Å²) in [4.78, 5) is 15.5. The van der Waals surface area contributed by atoms with Crippen LogP contribution in [0.2, 0.25) is 0 Å². The number of benzene rings is 2. The molecule has 0 saturated heterocycles. The number of fused-ring (bicyclic) bond motifs is 1. The lowest BCUT2D eigenvalue weighted by atomic mass is 9.92. The maximum atomic E-state index is 13.6. The van der Waals surface area contributed by atoms with Crippen molar-refractivity contribution in [2.45, 2.75) is 43.8 Å². The minimum Gasteiger partial charge on any atom is -0.550 e. The van der Waals surface area contributed by atoms with E-state index in [0.29, 0.717) is 5.92 Å². The number of carbonyl (C=O) groups excluding carboxylic acids is 1. The smallest absolute Gasteiger partial charge is 0.123 e. The van der Waals surface area contributed by atoms with Gasteiger partial charge in [-0.25, -0.2) is 4.39 Å². The van der Waals surface area contributed by atoms with Gasteiger partial charge in [-0.15, -0.1) is 0 Å². The Morgan fingerprint density at radius 3 is 2.55 bits per heavy atom. The number of hydrogen-bond acceptors (Lipinski definition) is 5. The number of aliphatic hydroxyl groups is 2. The molecule has 2 N–H and O–H groups in total. The molecule has 0 aliphatic heterocycles. The van der Waals surface area contributed by atoms with E-state index in [2.05, 4.69) is 0 Å². The Bertz CT molecular complexity index is 1120. The minimum atomic E-state index is -1.36. The van der Waals surface area contributed by atoms with Crippen molar-refractivity contribution in [3.63, 3.8) is 0 Å². The average molecular weight is 420 g/mol. The van der Waals surface area contributed by atoms with Gasteiger partial charge in [-0.3, -0.25) is 4.98 Å². The van der Waals surface area contributed by atoms with Crippen molar-refractivity contribution in [1.29, 1.82) is 0 Å². The molecule has 1 heterocycles. The van der Waals surface area contributed by atoms with Crippen molar-refractivity contribution in [3.8, 4) is 11.1 Å². The molecule has 3 aromatic rings. The summed E-state index contributed by atoms with van der Waals surface area (Å²) in [6, 6.07) is 14.1. The largest absolute Gasteiger partial charge is 0.550 e. The molecular formula is C25H23FNO4-. The number of halogens is 1. The molecule has 1 saturated carbocycles. The summed E-state index contributed by atoms with van der Waals surface area (Å²) in [5, 5.41) is 31.7. The standard InChI is InChI=1S/C25H24FNO4/c26-17-9-7-15(8-10-17)24-20-3-1-2-4-22(20)27-25(16-5-6-16)21(24)12-11-18(28)13-19(29)14-23(30)31/h1-4,7-12,16,18-19,28-29H,5-6,13-14H2,(H,30,31)/p-1/b12-11+/t18-,19+/m0/s1. The van der Waals surface area contributed by atoms with Crippen molar-refractivity contribution < 1.29 is 24.5 Å². The van der Waals surface area contributed by atoms with E-state index in [1.54, 1.807) is 24.3 Å². The number of carbonyl (C=O) groups is 1. The van der Waals surface area contributed by atoms with Crippen LogP contribution < -0.4 is 5.11 Å². The van der Waals surface area contributed by atoms with Gasteiger partial charge in [0.1, 0.15) is 5.82 Å². The number of hydrogen-bond donors (Lipinski definition) is 2. The molecule has 0 amide bonds. The summed E-state index contributed by atoms with van der Waals surface area (Å²) in [6.07, 6.45) is 2.51. The first-order valence-electron chi connectivity index (χ1n) is 10.3. The molecule has 0 radical (unpaired) electrons. The van der Waals surface area contributed by atoms with Crippen LogP contribution in [-0.4, -0.2) is 33.4 Å². The fourth-order valence-corrected chi connectivity index (χ4v) is 3.85. The van der Waals surface area contributed by atoms with E-state index in [9.17, 15) is 24.5 Å². The summed E-state index contributed by atoms with van der Waals surface area (Å²) in [5.41, 5.74) is 4.38. The number of aliphatic carboxylic acids is 1. The molecular weight excluding hydrogens is 397 g/mol. The maximum Gasteiger partial charge on any atom is 0.123 e. The molecule has 1 fully saturated rings. The van der Waals surface area contributed by atoms with Crippen LogP contribution in [0.5, 0.6) is 0 Å². The molecule has 2 aromatic carbocycles. The van der Waals surface area contributed by atoms with Gasteiger partial charge in [0.2, 0.25) is 0 Å². The van der Waals surface area contributed by atoms with E-state index in [-0.39, 0.29) is 12.2 Å². The molecule has 5 nitrogen and oxygen atoms in total. The van der Waals surface area contributed by atoms with Crippen molar-refractivity contribution in [2.75, 3.05) is 0 Å². The minimum absolute atomic E-state index is 0.115. The molecule has 1 aliphatic carbocycles. The van der Waals surface area contributed by atoms with Crippen LogP contribution in [0.25, 0.3) is 28.1 Å². The number of aliphatic hydroxyl groups excluding tert-OH is 2. The SMILES string of the molecule is O=C([O-])C[C@H](O)C[C@@H](O)/C=C/c1c(C2CC2)nc2ccccc2c1-c1ccc(F)cc1. The lowest BCUT2D eigenvalue weighted by Gasteiger charge is -2.17. The fraction of sp³-hybridized carbons (Fsp3) is 0.280. The first kappa shape index (κ1) is 21.2. The molecule has 6 heteroatoms. The van der Waals surface area contributed by atoms with Gasteiger partial charge in [0.15, 0.2) is 0 Å². The molecule has 31 heavy (non-hydrogen) atoms. The summed E-state index contributed by atoms with van der Waals surface area (Å²) < 4.78 is 13.6.